The summed E-state index contributed by atoms with van der Waals surface area (Å²) in [5.74, 6) is 1.67. The quantitative estimate of drug-likeness (QED) is 0.719. The van der Waals surface area contributed by atoms with Crippen LogP contribution in [0.25, 0.3) is 0 Å². The first-order valence-corrected chi connectivity index (χ1v) is 6.00. The zero-order valence-electron chi connectivity index (χ0n) is 8.34. The van der Waals surface area contributed by atoms with E-state index in [1.165, 1.54) is 12.2 Å². The highest BCUT2D eigenvalue weighted by Crippen LogP contribution is 2.39. The fourth-order valence-corrected chi connectivity index (χ4v) is 3.27. The minimum Gasteiger partial charge on any atom is -0.388 e. The molecule has 0 aromatic rings. The van der Waals surface area contributed by atoms with E-state index in [2.05, 4.69) is 20.8 Å². The normalized spacial score (nSPS) is 39.5. The van der Waals surface area contributed by atoms with Gasteiger partial charge in [0.2, 0.25) is 0 Å². The van der Waals surface area contributed by atoms with Crippen LogP contribution in [0.2, 0.25) is 0 Å². The van der Waals surface area contributed by atoms with Crippen LogP contribution in [0.5, 0.6) is 0 Å². The molecule has 0 aliphatic carbocycles. The Morgan fingerprint density at radius 3 is 2.83 bits per heavy atom. The van der Waals surface area contributed by atoms with Crippen LogP contribution in [-0.4, -0.2) is 21.7 Å². The molecule has 12 heavy (non-hydrogen) atoms. The van der Waals surface area contributed by atoms with Crippen molar-refractivity contribution in [2.45, 2.75) is 50.9 Å². The SMILES string of the molecule is CCC(C)C1(O)CCCSC1C. The molecule has 2 heteroatoms. The van der Waals surface area contributed by atoms with Crippen LogP contribution in [0.3, 0.4) is 0 Å². The second-order valence-electron chi connectivity index (χ2n) is 3.92. The summed E-state index contributed by atoms with van der Waals surface area (Å²) in [7, 11) is 0. The van der Waals surface area contributed by atoms with Crippen molar-refractivity contribution in [2.75, 3.05) is 5.75 Å². The van der Waals surface area contributed by atoms with Crippen LogP contribution in [0.1, 0.15) is 40.0 Å². The van der Waals surface area contributed by atoms with Crippen LogP contribution in [-0.2, 0) is 0 Å². The third-order valence-corrected chi connectivity index (χ3v) is 4.69. The Kier molecular flexibility index (Phi) is 3.47. The Balaban J connectivity index is 2.65. The summed E-state index contributed by atoms with van der Waals surface area (Å²) >= 11 is 1.92. The van der Waals surface area contributed by atoms with Gasteiger partial charge >= 0.3 is 0 Å². The topological polar surface area (TPSA) is 20.2 Å². The highest BCUT2D eigenvalue weighted by Gasteiger charge is 2.40. The van der Waals surface area contributed by atoms with Crippen LogP contribution in [0, 0.1) is 5.92 Å². The average Bonchev–Trinajstić information content (AvgIpc) is 2.09. The molecule has 1 rings (SSSR count). The molecule has 0 aromatic carbocycles. The van der Waals surface area contributed by atoms with E-state index in [1.54, 1.807) is 0 Å². The van der Waals surface area contributed by atoms with Gasteiger partial charge in [0, 0.05) is 5.25 Å². The van der Waals surface area contributed by atoms with E-state index in [4.69, 9.17) is 0 Å². The summed E-state index contributed by atoms with van der Waals surface area (Å²) in [5.41, 5.74) is -0.391. The summed E-state index contributed by atoms with van der Waals surface area (Å²) in [5, 5.41) is 10.8. The molecule has 72 valence electrons. The molecule has 0 spiro atoms. The highest BCUT2D eigenvalue weighted by atomic mass is 32.2. The van der Waals surface area contributed by atoms with Crippen molar-refractivity contribution in [3.05, 3.63) is 0 Å². The van der Waals surface area contributed by atoms with E-state index in [0.29, 0.717) is 11.2 Å². The van der Waals surface area contributed by atoms with Gasteiger partial charge in [-0.05, 0) is 24.5 Å². The smallest absolute Gasteiger partial charge is 0.0788 e. The molecule has 0 radical (unpaired) electrons. The van der Waals surface area contributed by atoms with Crippen molar-refractivity contribution in [1.29, 1.82) is 0 Å². The summed E-state index contributed by atoms with van der Waals surface area (Å²) in [6.07, 6.45) is 3.26. The molecule has 3 atom stereocenters. The zero-order valence-corrected chi connectivity index (χ0v) is 9.16. The van der Waals surface area contributed by atoms with E-state index < -0.39 is 5.60 Å². The first kappa shape index (κ1) is 10.4. The first-order valence-electron chi connectivity index (χ1n) is 4.95. The van der Waals surface area contributed by atoms with Gasteiger partial charge in [-0.25, -0.2) is 0 Å². The second kappa shape index (κ2) is 4.01. The van der Waals surface area contributed by atoms with Gasteiger partial charge in [0.1, 0.15) is 0 Å². The van der Waals surface area contributed by atoms with E-state index in [-0.39, 0.29) is 0 Å². The minimum atomic E-state index is -0.391. The molecule has 3 unspecified atom stereocenters. The van der Waals surface area contributed by atoms with E-state index in [0.717, 1.165) is 12.8 Å². The fraction of sp³-hybridized carbons (Fsp3) is 1.00. The van der Waals surface area contributed by atoms with Gasteiger partial charge in [-0.15, -0.1) is 0 Å². The molecule has 1 nitrogen and oxygen atoms in total. The second-order valence-corrected chi connectivity index (χ2v) is 5.37. The van der Waals surface area contributed by atoms with Gasteiger partial charge in [-0.2, -0.15) is 11.8 Å². The maximum atomic E-state index is 10.4. The largest absolute Gasteiger partial charge is 0.388 e. The molecule has 1 N–H and O–H groups in total. The van der Waals surface area contributed by atoms with Crippen LogP contribution >= 0.6 is 11.8 Å². The predicted molar refractivity (Wildman–Crippen MR) is 55.6 cm³/mol. The summed E-state index contributed by atoms with van der Waals surface area (Å²) < 4.78 is 0. The molecule has 1 fully saturated rings. The Labute approximate surface area is 79.9 Å². The Morgan fingerprint density at radius 2 is 2.33 bits per heavy atom. The van der Waals surface area contributed by atoms with Crippen LogP contribution < -0.4 is 0 Å². The van der Waals surface area contributed by atoms with Gasteiger partial charge < -0.3 is 5.11 Å². The Morgan fingerprint density at radius 1 is 1.67 bits per heavy atom. The van der Waals surface area contributed by atoms with Crippen molar-refractivity contribution < 1.29 is 5.11 Å². The molecular weight excluding hydrogens is 168 g/mol. The maximum Gasteiger partial charge on any atom is 0.0788 e. The van der Waals surface area contributed by atoms with Crippen molar-refractivity contribution in [2.24, 2.45) is 5.92 Å². The Bertz CT molecular complexity index is 143. The number of aliphatic hydroxyl groups is 1. The third kappa shape index (κ3) is 1.80. The van der Waals surface area contributed by atoms with E-state index >= 15 is 0 Å². The maximum absolute atomic E-state index is 10.4. The van der Waals surface area contributed by atoms with Crippen molar-refractivity contribution in [1.82, 2.24) is 0 Å². The van der Waals surface area contributed by atoms with Crippen LogP contribution in [0.15, 0.2) is 0 Å². The molecule has 0 amide bonds. The van der Waals surface area contributed by atoms with E-state index in [1.807, 2.05) is 11.8 Å². The first-order chi connectivity index (χ1) is 5.61. The van der Waals surface area contributed by atoms with Gasteiger partial charge in [0.15, 0.2) is 0 Å². The lowest BCUT2D eigenvalue weighted by Gasteiger charge is -2.42. The molecule has 1 saturated heterocycles. The van der Waals surface area contributed by atoms with Crippen molar-refractivity contribution in [3.8, 4) is 0 Å². The van der Waals surface area contributed by atoms with Crippen molar-refractivity contribution in [3.63, 3.8) is 0 Å². The van der Waals surface area contributed by atoms with Gasteiger partial charge in [-0.3, -0.25) is 0 Å². The average molecular weight is 188 g/mol. The number of rotatable bonds is 2. The lowest BCUT2D eigenvalue weighted by Crippen LogP contribution is -2.47. The van der Waals surface area contributed by atoms with Gasteiger partial charge in [0.05, 0.1) is 5.60 Å². The van der Waals surface area contributed by atoms with Crippen molar-refractivity contribution >= 4 is 11.8 Å². The number of hydrogen-bond acceptors (Lipinski definition) is 2. The monoisotopic (exact) mass is 188 g/mol. The minimum absolute atomic E-state index is 0.391. The standard InChI is InChI=1S/C10H20OS/c1-4-8(2)10(11)6-5-7-12-9(10)3/h8-9,11H,4-7H2,1-3H3. The Hall–Kier alpha value is 0.310. The number of hydrogen-bond donors (Lipinski definition) is 1. The molecule has 0 aromatic heterocycles. The summed E-state index contributed by atoms with van der Waals surface area (Å²) in [6, 6.07) is 0. The van der Waals surface area contributed by atoms with Gasteiger partial charge in [-0.1, -0.05) is 27.2 Å². The molecule has 0 bridgehead atoms. The van der Waals surface area contributed by atoms with Crippen LogP contribution in [0.4, 0.5) is 0 Å². The predicted octanol–water partition coefficient (Wildman–Crippen LogP) is 2.68. The summed E-state index contributed by atoms with van der Waals surface area (Å²) in [4.78, 5) is 0. The van der Waals surface area contributed by atoms with Gasteiger partial charge in [0.25, 0.3) is 0 Å². The zero-order chi connectivity index (χ0) is 9.19. The molecule has 1 aliphatic heterocycles. The molecular formula is C10H20OS. The third-order valence-electron chi connectivity index (χ3n) is 3.26. The lowest BCUT2D eigenvalue weighted by atomic mass is 9.80. The number of thioether (sulfide) groups is 1. The molecule has 1 aliphatic rings. The highest BCUT2D eigenvalue weighted by molar-refractivity contribution is 8.00. The van der Waals surface area contributed by atoms with E-state index in [9.17, 15) is 5.11 Å². The molecule has 1 heterocycles. The molecule has 0 saturated carbocycles. The lowest BCUT2D eigenvalue weighted by molar-refractivity contribution is -0.0223. The summed E-state index contributed by atoms with van der Waals surface area (Å²) in [6.45, 7) is 6.49. The fourth-order valence-electron chi connectivity index (χ4n) is 1.96.